The minimum Gasteiger partial charge on any atom is -0.373 e. The summed E-state index contributed by atoms with van der Waals surface area (Å²) in [6.45, 7) is 2.14. The van der Waals surface area contributed by atoms with Crippen LogP contribution in [0.25, 0.3) is 0 Å². The fourth-order valence-corrected chi connectivity index (χ4v) is 2.62. The van der Waals surface area contributed by atoms with E-state index in [9.17, 15) is 0 Å². The fourth-order valence-electron chi connectivity index (χ4n) is 1.92. The van der Waals surface area contributed by atoms with Crippen molar-refractivity contribution < 1.29 is 4.74 Å². The zero-order chi connectivity index (χ0) is 12.4. The van der Waals surface area contributed by atoms with Crippen LogP contribution in [0.1, 0.15) is 43.8 Å². The molecule has 0 N–H and O–H groups in total. The van der Waals surface area contributed by atoms with Crippen molar-refractivity contribution in [1.29, 1.82) is 0 Å². The van der Waals surface area contributed by atoms with Gasteiger partial charge in [0.05, 0.1) is 9.26 Å². The largest absolute Gasteiger partial charge is 0.373 e. The predicted molar refractivity (Wildman–Crippen MR) is 76.2 cm³/mol. The number of aryl methyl sites for hydroxylation is 1. The van der Waals surface area contributed by atoms with E-state index in [1.807, 2.05) is 0 Å². The Morgan fingerprint density at radius 3 is 2.71 bits per heavy atom. The Labute approximate surface area is 120 Å². The van der Waals surface area contributed by atoms with Gasteiger partial charge in [0.25, 0.3) is 0 Å². The Morgan fingerprint density at radius 1 is 1.47 bits per heavy atom. The van der Waals surface area contributed by atoms with Crippen LogP contribution in [-0.4, -0.2) is 17.1 Å². The number of ether oxygens (including phenoxy) is 1. The lowest BCUT2D eigenvalue weighted by molar-refractivity contribution is 0.0769. The lowest BCUT2D eigenvalue weighted by Crippen LogP contribution is -2.12. The summed E-state index contributed by atoms with van der Waals surface area (Å²) in [6.07, 6.45) is 4.42. The van der Waals surface area contributed by atoms with E-state index in [1.54, 1.807) is 7.11 Å². The van der Waals surface area contributed by atoms with Crippen molar-refractivity contribution in [3.63, 3.8) is 0 Å². The molecule has 5 heteroatoms. The molecule has 1 aliphatic rings. The van der Waals surface area contributed by atoms with Gasteiger partial charge in [-0.1, -0.05) is 24.9 Å². The molecule has 0 aliphatic heterocycles. The number of rotatable bonds is 5. The Hall–Kier alpha value is 0.0600. The maximum Gasteiger partial charge on any atom is 0.159 e. The van der Waals surface area contributed by atoms with Crippen LogP contribution in [0.15, 0.2) is 0 Å². The maximum atomic E-state index is 6.17. The smallest absolute Gasteiger partial charge is 0.159 e. The molecular weight excluding hydrogens is 351 g/mol. The highest BCUT2D eigenvalue weighted by atomic mass is 127. The van der Waals surface area contributed by atoms with Crippen molar-refractivity contribution in [2.75, 3.05) is 7.11 Å². The van der Waals surface area contributed by atoms with Gasteiger partial charge in [-0.25, -0.2) is 9.97 Å². The van der Waals surface area contributed by atoms with Crippen molar-refractivity contribution in [1.82, 2.24) is 9.97 Å². The van der Waals surface area contributed by atoms with Crippen molar-refractivity contribution in [2.45, 2.75) is 38.7 Å². The van der Waals surface area contributed by atoms with Gasteiger partial charge < -0.3 is 4.74 Å². The van der Waals surface area contributed by atoms with Crippen LogP contribution in [0, 0.1) is 9.49 Å². The van der Waals surface area contributed by atoms with Gasteiger partial charge in [0.15, 0.2) is 5.82 Å². The average molecular weight is 367 g/mol. The summed E-state index contributed by atoms with van der Waals surface area (Å²) in [4.78, 5) is 9.00. The van der Waals surface area contributed by atoms with E-state index < -0.39 is 0 Å². The summed E-state index contributed by atoms with van der Waals surface area (Å²) in [6, 6.07) is 0. The van der Waals surface area contributed by atoms with E-state index >= 15 is 0 Å². The third kappa shape index (κ3) is 3.09. The Kier molecular flexibility index (Phi) is 4.60. The van der Waals surface area contributed by atoms with Gasteiger partial charge in [-0.3, -0.25) is 0 Å². The van der Waals surface area contributed by atoms with E-state index in [0.29, 0.717) is 11.1 Å². The molecule has 94 valence electrons. The van der Waals surface area contributed by atoms with Crippen molar-refractivity contribution in [2.24, 2.45) is 5.92 Å². The molecule has 1 aromatic rings. The zero-order valence-corrected chi connectivity index (χ0v) is 13.0. The summed E-state index contributed by atoms with van der Waals surface area (Å²) < 4.78 is 6.47. The van der Waals surface area contributed by atoms with Gasteiger partial charge in [-0.15, -0.1) is 0 Å². The van der Waals surface area contributed by atoms with E-state index in [-0.39, 0.29) is 6.10 Å². The predicted octanol–water partition coefficient (Wildman–Crippen LogP) is 3.78. The first-order valence-electron chi connectivity index (χ1n) is 5.92. The van der Waals surface area contributed by atoms with Crippen LogP contribution in [0.3, 0.4) is 0 Å². The molecule has 0 radical (unpaired) electrons. The third-order valence-corrected chi connectivity index (χ3v) is 4.67. The number of hydrogen-bond donors (Lipinski definition) is 0. The average Bonchev–Trinajstić information content (AvgIpc) is 3.11. The van der Waals surface area contributed by atoms with E-state index in [2.05, 4.69) is 39.5 Å². The number of halogens is 2. The molecule has 1 aromatic heterocycles. The Morgan fingerprint density at radius 2 is 2.18 bits per heavy atom. The maximum absolute atomic E-state index is 6.17. The normalized spacial score (nSPS) is 17.2. The van der Waals surface area contributed by atoms with E-state index in [4.69, 9.17) is 16.3 Å². The molecule has 0 bridgehead atoms. The SMILES string of the molecule is CCCc1nc(C(OC)C2CC2)nc(Cl)c1I. The molecule has 1 atom stereocenters. The monoisotopic (exact) mass is 366 g/mol. The van der Waals surface area contributed by atoms with Crippen molar-refractivity contribution in [3.8, 4) is 0 Å². The Bertz CT molecular complexity index is 410. The molecule has 2 rings (SSSR count). The fraction of sp³-hybridized carbons (Fsp3) is 0.667. The first-order chi connectivity index (χ1) is 8.17. The summed E-state index contributed by atoms with van der Waals surface area (Å²) in [5, 5.41) is 0.557. The van der Waals surface area contributed by atoms with Crippen LogP contribution >= 0.6 is 34.2 Å². The molecule has 0 spiro atoms. The molecular formula is C12H16ClIN2O. The number of hydrogen-bond acceptors (Lipinski definition) is 3. The third-order valence-electron chi connectivity index (χ3n) is 2.94. The highest BCUT2D eigenvalue weighted by Gasteiger charge is 2.35. The van der Waals surface area contributed by atoms with Gasteiger partial charge in [-0.2, -0.15) is 0 Å². The van der Waals surface area contributed by atoms with Crippen molar-refractivity contribution >= 4 is 34.2 Å². The Balaban J connectivity index is 2.33. The molecule has 1 fully saturated rings. The molecule has 0 saturated heterocycles. The van der Waals surface area contributed by atoms with Gasteiger partial charge in [0, 0.05) is 7.11 Å². The first kappa shape index (κ1) is 13.5. The van der Waals surface area contributed by atoms with Crippen molar-refractivity contribution in [3.05, 3.63) is 20.2 Å². The molecule has 1 heterocycles. The molecule has 17 heavy (non-hydrogen) atoms. The number of aromatic nitrogens is 2. The van der Waals surface area contributed by atoms with E-state index in [1.165, 1.54) is 12.8 Å². The second-order valence-corrected chi connectivity index (χ2v) is 5.81. The molecule has 0 amide bonds. The second-order valence-electron chi connectivity index (χ2n) is 4.38. The minimum atomic E-state index is 0.0140. The summed E-state index contributed by atoms with van der Waals surface area (Å²) in [7, 11) is 1.72. The second kappa shape index (κ2) is 5.80. The van der Waals surface area contributed by atoms with E-state index in [0.717, 1.165) is 27.9 Å². The summed E-state index contributed by atoms with van der Waals surface area (Å²) >= 11 is 8.38. The van der Waals surface area contributed by atoms with Crippen LogP contribution < -0.4 is 0 Å². The minimum absolute atomic E-state index is 0.0140. The molecule has 1 saturated carbocycles. The molecule has 3 nitrogen and oxygen atoms in total. The van der Waals surface area contributed by atoms with Gasteiger partial charge in [-0.05, 0) is 47.8 Å². The lowest BCUT2D eigenvalue weighted by atomic mass is 10.2. The quantitative estimate of drug-likeness (QED) is 0.587. The van der Waals surface area contributed by atoms with Crippen LogP contribution in [0.4, 0.5) is 0 Å². The lowest BCUT2D eigenvalue weighted by Gasteiger charge is -2.15. The summed E-state index contributed by atoms with van der Waals surface area (Å²) in [5.41, 5.74) is 1.05. The zero-order valence-electron chi connectivity index (χ0n) is 10.0. The van der Waals surface area contributed by atoms with Gasteiger partial charge in [0.2, 0.25) is 0 Å². The molecule has 1 aliphatic carbocycles. The van der Waals surface area contributed by atoms with Crippen LogP contribution in [-0.2, 0) is 11.2 Å². The highest BCUT2D eigenvalue weighted by Crippen LogP contribution is 2.42. The number of nitrogens with zero attached hydrogens (tertiary/aromatic N) is 2. The van der Waals surface area contributed by atoms with Crippen LogP contribution in [0.5, 0.6) is 0 Å². The number of methoxy groups -OCH3 is 1. The van der Waals surface area contributed by atoms with Gasteiger partial charge in [0.1, 0.15) is 11.3 Å². The first-order valence-corrected chi connectivity index (χ1v) is 7.37. The van der Waals surface area contributed by atoms with Crippen LogP contribution in [0.2, 0.25) is 5.15 Å². The molecule has 1 unspecified atom stereocenters. The standard InChI is InChI=1S/C12H16ClIN2O/c1-3-4-8-9(14)11(13)16-12(15-8)10(17-2)7-5-6-7/h7,10H,3-6H2,1-2H3. The highest BCUT2D eigenvalue weighted by molar-refractivity contribution is 14.1. The molecule has 0 aromatic carbocycles. The topological polar surface area (TPSA) is 35.0 Å². The summed E-state index contributed by atoms with van der Waals surface area (Å²) in [5.74, 6) is 1.33. The van der Waals surface area contributed by atoms with Gasteiger partial charge >= 0.3 is 0 Å².